The standard InChI is InChI=1S/C15H32N2/c1-5-11-16-12-10-14(3)17(4)15-8-6-13(2)7-9-15/h13-16H,5-12H2,1-4H3. The van der Waals surface area contributed by atoms with Crippen molar-refractivity contribution >= 4 is 0 Å². The maximum atomic E-state index is 3.50. The van der Waals surface area contributed by atoms with Gasteiger partial charge in [-0.1, -0.05) is 13.8 Å². The Morgan fingerprint density at radius 1 is 1.18 bits per heavy atom. The van der Waals surface area contributed by atoms with Crippen LogP contribution in [0.15, 0.2) is 0 Å². The van der Waals surface area contributed by atoms with E-state index in [0.717, 1.165) is 24.5 Å². The Morgan fingerprint density at radius 3 is 2.41 bits per heavy atom. The summed E-state index contributed by atoms with van der Waals surface area (Å²) in [6.45, 7) is 9.34. The molecule has 1 unspecified atom stereocenters. The molecule has 1 rings (SSSR count). The Balaban J connectivity index is 2.19. The Hall–Kier alpha value is -0.0800. The van der Waals surface area contributed by atoms with Crippen LogP contribution in [0.5, 0.6) is 0 Å². The van der Waals surface area contributed by atoms with Crippen molar-refractivity contribution in [1.29, 1.82) is 0 Å². The molecular weight excluding hydrogens is 208 g/mol. The van der Waals surface area contributed by atoms with Crippen LogP contribution < -0.4 is 5.32 Å². The highest BCUT2D eigenvalue weighted by atomic mass is 15.2. The number of rotatable bonds is 7. The van der Waals surface area contributed by atoms with E-state index >= 15 is 0 Å². The first-order valence-corrected chi connectivity index (χ1v) is 7.57. The molecule has 0 spiro atoms. The molecule has 0 bridgehead atoms. The molecule has 0 heterocycles. The second-order valence-electron chi connectivity index (χ2n) is 5.97. The van der Waals surface area contributed by atoms with Crippen LogP contribution in [0.1, 0.15) is 59.3 Å². The Labute approximate surface area is 108 Å². The zero-order chi connectivity index (χ0) is 12.7. The summed E-state index contributed by atoms with van der Waals surface area (Å²) >= 11 is 0. The van der Waals surface area contributed by atoms with Gasteiger partial charge in [-0.2, -0.15) is 0 Å². The van der Waals surface area contributed by atoms with Crippen LogP contribution in [0.3, 0.4) is 0 Å². The Kier molecular flexibility index (Phi) is 7.14. The number of hydrogen-bond acceptors (Lipinski definition) is 2. The van der Waals surface area contributed by atoms with E-state index in [-0.39, 0.29) is 0 Å². The normalized spacial score (nSPS) is 27.4. The van der Waals surface area contributed by atoms with Gasteiger partial charge >= 0.3 is 0 Å². The lowest BCUT2D eigenvalue weighted by atomic mass is 9.86. The molecule has 2 heteroatoms. The van der Waals surface area contributed by atoms with Gasteiger partial charge in [0.1, 0.15) is 0 Å². The van der Waals surface area contributed by atoms with Crippen molar-refractivity contribution in [3.63, 3.8) is 0 Å². The first-order valence-electron chi connectivity index (χ1n) is 7.57. The molecule has 1 N–H and O–H groups in total. The van der Waals surface area contributed by atoms with Gasteiger partial charge in [0.15, 0.2) is 0 Å². The second kappa shape index (κ2) is 8.10. The molecule has 0 aromatic heterocycles. The number of hydrogen-bond donors (Lipinski definition) is 1. The molecule has 0 saturated heterocycles. The first kappa shape index (κ1) is 15.0. The van der Waals surface area contributed by atoms with Gasteiger partial charge in [-0.15, -0.1) is 0 Å². The number of nitrogens with zero attached hydrogens (tertiary/aromatic N) is 1. The predicted molar refractivity (Wildman–Crippen MR) is 76.4 cm³/mol. The second-order valence-corrected chi connectivity index (χ2v) is 5.97. The average molecular weight is 240 g/mol. The first-order chi connectivity index (χ1) is 8.15. The summed E-state index contributed by atoms with van der Waals surface area (Å²) in [5.74, 6) is 0.959. The molecule has 0 aliphatic heterocycles. The summed E-state index contributed by atoms with van der Waals surface area (Å²) < 4.78 is 0. The smallest absolute Gasteiger partial charge is 0.00952 e. The van der Waals surface area contributed by atoms with Crippen molar-refractivity contribution in [2.24, 2.45) is 5.92 Å². The van der Waals surface area contributed by atoms with Gasteiger partial charge in [-0.3, -0.25) is 0 Å². The summed E-state index contributed by atoms with van der Waals surface area (Å²) in [6.07, 6.45) is 8.19. The van der Waals surface area contributed by atoms with E-state index in [1.807, 2.05) is 0 Å². The summed E-state index contributed by atoms with van der Waals surface area (Å²) in [7, 11) is 2.32. The van der Waals surface area contributed by atoms with E-state index in [2.05, 4.69) is 38.0 Å². The summed E-state index contributed by atoms with van der Waals surface area (Å²) in [5, 5.41) is 3.50. The van der Waals surface area contributed by atoms with Crippen molar-refractivity contribution in [1.82, 2.24) is 10.2 Å². The molecule has 2 nitrogen and oxygen atoms in total. The van der Waals surface area contributed by atoms with Gasteiger partial charge in [-0.05, 0) is 71.5 Å². The topological polar surface area (TPSA) is 15.3 Å². The zero-order valence-corrected chi connectivity index (χ0v) is 12.3. The highest BCUT2D eigenvalue weighted by Gasteiger charge is 2.24. The largest absolute Gasteiger partial charge is 0.317 e. The fourth-order valence-corrected chi connectivity index (χ4v) is 2.83. The van der Waals surface area contributed by atoms with E-state index in [4.69, 9.17) is 0 Å². The third kappa shape index (κ3) is 5.39. The van der Waals surface area contributed by atoms with Crippen molar-refractivity contribution in [2.75, 3.05) is 20.1 Å². The van der Waals surface area contributed by atoms with E-state index in [1.165, 1.54) is 45.1 Å². The van der Waals surface area contributed by atoms with Crippen molar-refractivity contribution in [3.05, 3.63) is 0 Å². The van der Waals surface area contributed by atoms with Gasteiger partial charge in [0, 0.05) is 12.1 Å². The molecule has 1 atom stereocenters. The van der Waals surface area contributed by atoms with E-state index in [9.17, 15) is 0 Å². The molecule has 1 fully saturated rings. The Morgan fingerprint density at radius 2 is 1.82 bits per heavy atom. The monoisotopic (exact) mass is 240 g/mol. The lowest BCUT2D eigenvalue weighted by molar-refractivity contribution is 0.126. The van der Waals surface area contributed by atoms with Gasteiger partial charge in [0.05, 0.1) is 0 Å². The van der Waals surface area contributed by atoms with Crippen LogP contribution in [-0.4, -0.2) is 37.1 Å². The average Bonchev–Trinajstić information content (AvgIpc) is 2.34. The molecule has 1 saturated carbocycles. The SMILES string of the molecule is CCCNCCC(C)N(C)C1CCC(C)CC1. The minimum absolute atomic E-state index is 0.720. The minimum atomic E-state index is 0.720. The predicted octanol–water partition coefficient (Wildman–Crippen LogP) is 3.28. The highest BCUT2D eigenvalue weighted by Crippen LogP contribution is 2.27. The molecule has 0 amide bonds. The zero-order valence-electron chi connectivity index (χ0n) is 12.3. The number of nitrogens with one attached hydrogen (secondary N) is 1. The van der Waals surface area contributed by atoms with Crippen LogP contribution >= 0.6 is 0 Å². The third-order valence-electron chi connectivity index (χ3n) is 4.42. The van der Waals surface area contributed by atoms with Gasteiger partial charge in [0.2, 0.25) is 0 Å². The summed E-state index contributed by atoms with van der Waals surface area (Å²) in [6, 6.07) is 1.56. The van der Waals surface area contributed by atoms with Crippen LogP contribution in [0.2, 0.25) is 0 Å². The van der Waals surface area contributed by atoms with Crippen molar-refractivity contribution in [3.8, 4) is 0 Å². The lowest BCUT2D eigenvalue weighted by Gasteiger charge is -2.37. The maximum Gasteiger partial charge on any atom is 0.00952 e. The highest BCUT2D eigenvalue weighted by molar-refractivity contribution is 4.79. The molecule has 17 heavy (non-hydrogen) atoms. The fraction of sp³-hybridized carbons (Fsp3) is 1.00. The van der Waals surface area contributed by atoms with Crippen molar-refractivity contribution in [2.45, 2.75) is 71.4 Å². The Bertz CT molecular complexity index is 185. The van der Waals surface area contributed by atoms with Gasteiger partial charge < -0.3 is 10.2 Å². The third-order valence-corrected chi connectivity index (χ3v) is 4.42. The van der Waals surface area contributed by atoms with Crippen LogP contribution in [0, 0.1) is 5.92 Å². The summed E-state index contributed by atoms with van der Waals surface area (Å²) in [4.78, 5) is 2.62. The van der Waals surface area contributed by atoms with E-state index in [1.54, 1.807) is 0 Å². The van der Waals surface area contributed by atoms with Gasteiger partial charge in [0.25, 0.3) is 0 Å². The molecule has 0 aromatic carbocycles. The van der Waals surface area contributed by atoms with E-state index < -0.39 is 0 Å². The summed E-state index contributed by atoms with van der Waals surface area (Å²) in [5.41, 5.74) is 0. The maximum absolute atomic E-state index is 3.50. The molecule has 0 aromatic rings. The minimum Gasteiger partial charge on any atom is -0.317 e. The molecule has 102 valence electrons. The van der Waals surface area contributed by atoms with E-state index in [0.29, 0.717) is 0 Å². The van der Waals surface area contributed by atoms with Crippen LogP contribution in [0.4, 0.5) is 0 Å². The molecule has 0 radical (unpaired) electrons. The fourth-order valence-electron chi connectivity index (χ4n) is 2.83. The van der Waals surface area contributed by atoms with Crippen LogP contribution in [-0.2, 0) is 0 Å². The quantitative estimate of drug-likeness (QED) is 0.687. The van der Waals surface area contributed by atoms with Crippen molar-refractivity contribution < 1.29 is 0 Å². The lowest BCUT2D eigenvalue weighted by Crippen LogP contribution is -2.41. The van der Waals surface area contributed by atoms with Crippen LogP contribution in [0.25, 0.3) is 0 Å². The molecule has 1 aliphatic carbocycles. The molecule has 1 aliphatic rings. The van der Waals surface area contributed by atoms with Gasteiger partial charge in [-0.25, -0.2) is 0 Å². The molecular formula is C15H32N2.